The van der Waals surface area contributed by atoms with Crippen LogP contribution in [0.5, 0.6) is 0 Å². The predicted molar refractivity (Wildman–Crippen MR) is 38.7 cm³/mol. The summed E-state index contributed by atoms with van der Waals surface area (Å²) in [5.74, 6) is -9.50. The van der Waals surface area contributed by atoms with E-state index in [2.05, 4.69) is 0 Å². The third kappa shape index (κ3) is 3.40. The summed E-state index contributed by atoms with van der Waals surface area (Å²) in [7, 11) is 0. The molecule has 0 aromatic carbocycles. The highest BCUT2D eigenvalue weighted by molar-refractivity contribution is 5.28. The molecule has 17 heavy (non-hydrogen) atoms. The van der Waals surface area contributed by atoms with Crippen molar-refractivity contribution in [2.45, 2.75) is 25.2 Å². The van der Waals surface area contributed by atoms with Crippen LogP contribution in [0.4, 0.5) is 39.5 Å². The maximum Gasteiger partial charge on any atom is 0.458 e. The fraction of sp³-hybridized carbons (Fsp3) is 0.500. The van der Waals surface area contributed by atoms with Gasteiger partial charge in [0, 0.05) is 0 Å². The molecule has 0 aliphatic heterocycles. The van der Waals surface area contributed by atoms with Crippen LogP contribution in [-0.4, -0.2) is 18.3 Å². The second-order valence-electron chi connectivity index (χ2n) is 2.69. The first-order valence-electron chi connectivity index (χ1n) is 3.82. The van der Waals surface area contributed by atoms with Crippen molar-refractivity contribution in [2.75, 3.05) is 0 Å². The van der Waals surface area contributed by atoms with Gasteiger partial charge in [-0.25, -0.2) is 4.39 Å². The minimum Gasteiger partial charge on any atom is -0.201 e. The van der Waals surface area contributed by atoms with E-state index < -0.39 is 29.7 Å². The molecule has 99 valence electrons. The molecule has 0 N–H and O–H groups in total. The molecule has 0 aromatic rings. The molecule has 0 spiro atoms. The predicted octanol–water partition coefficient (Wildman–Crippen LogP) is 4.35. The monoisotopic (exact) mass is 271 g/mol. The molecule has 0 fully saturated rings. The Balaban J connectivity index is 5.89. The number of hydrogen-bond acceptors (Lipinski definition) is 0. The van der Waals surface area contributed by atoms with E-state index in [0.29, 0.717) is 6.08 Å². The maximum absolute atomic E-state index is 12.6. The Kier molecular flexibility index (Phi) is 4.30. The van der Waals surface area contributed by atoms with Crippen molar-refractivity contribution in [3.63, 3.8) is 0 Å². The van der Waals surface area contributed by atoms with Gasteiger partial charge in [0.25, 0.3) is 0 Å². The number of halogens is 9. The van der Waals surface area contributed by atoms with Crippen molar-refractivity contribution in [1.82, 2.24) is 0 Å². The summed E-state index contributed by atoms with van der Waals surface area (Å²) >= 11 is 0. The van der Waals surface area contributed by atoms with Gasteiger partial charge in [-0.1, -0.05) is 6.08 Å². The van der Waals surface area contributed by atoms with E-state index in [1.165, 1.54) is 0 Å². The average Bonchev–Trinajstić information content (AvgIpc) is 2.09. The molecule has 0 aromatic heterocycles. The van der Waals surface area contributed by atoms with Crippen LogP contribution < -0.4 is 0 Å². The molecule has 0 atom stereocenters. The Morgan fingerprint density at radius 1 is 0.941 bits per heavy atom. The minimum absolute atomic E-state index is 0.320. The van der Waals surface area contributed by atoms with Crippen molar-refractivity contribution in [2.24, 2.45) is 0 Å². The van der Waals surface area contributed by atoms with Crippen molar-refractivity contribution in [3.8, 4) is 0 Å². The molecule has 0 saturated heterocycles. The van der Waals surface area contributed by atoms with Gasteiger partial charge in [-0.2, -0.15) is 35.1 Å². The van der Waals surface area contributed by atoms with E-state index >= 15 is 0 Å². The topological polar surface area (TPSA) is 0 Å². The summed E-state index contributed by atoms with van der Waals surface area (Å²) in [6.07, 6.45) is -11.0. The lowest BCUT2D eigenvalue weighted by atomic mass is 10.1. The van der Waals surface area contributed by atoms with Gasteiger partial charge in [0.15, 0.2) is 0 Å². The van der Waals surface area contributed by atoms with Crippen LogP contribution in [0.15, 0.2) is 17.5 Å². The van der Waals surface area contributed by atoms with Crippen LogP contribution in [0.1, 0.15) is 6.92 Å². The molecule has 0 heterocycles. The van der Waals surface area contributed by atoms with Crippen LogP contribution in [0.25, 0.3) is 0 Å². The van der Waals surface area contributed by atoms with Gasteiger partial charge in [-0.3, -0.25) is 0 Å². The Hall–Kier alpha value is -1.15. The zero-order chi connectivity index (χ0) is 14.1. The van der Waals surface area contributed by atoms with E-state index in [1.807, 2.05) is 0 Å². The third-order valence-electron chi connectivity index (χ3n) is 1.43. The lowest BCUT2D eigenvalue weighted by Gasteiger charge is -2.21. The first-order valence-corrected chi connectivity index (χ1v) is 3.82. The molecule has 9 heteroatoms. The summed E-state index contributed by atoms with van der Waals surface area (Å²) < 4.78 is 108. The number of hydrogen-bond donors (Lipinski definition) is 0. The first-order chi connectivity index (χ1) is 7.35. The Morgan fingerprint density at radius 3 is 1.59 bits per heavy atom. The van der Waals surface area contributed by atoms with Crippen molar-refractivity contribution >= 4 is 0 Å². The third-order valence-corrected chi connectivity index (χ3v) is 1.43. The summed E-state index contributed by atoms with van der Waals surface area (Å²) in [5, 5.41) is 0. The second-order valence-corrected chi connectivity index (χ2v) is 2.69. The highest BCUT2D eigenvalue weighted by Crippen LogP contribution is 2.45. The van der Waals surface area contributed by atoms with Gasteiger partial charge >= 0.3 is 18.3 Å². The standard InChI is InChI=1S/C8H4F9/c1-2-3-4(5(9)7(12,13)14)6(10,11)8(15,16)17/h2H,1H3. The van der Waals surface area contributed by atoms with E-state index in [-0.39, 0.29) is 0 Å². The van der Waals surface area contributed by atoms with Crippen LogP contribution >= 0.6 is 0 Å². The largest absolute Gasteiger partial charge is 0.458 e. The lowest BCUT2D eigenvalue weighted by Crippen LogP contribution is -2.39. The second kappa shape index (κ2) is 4.61. The number of alkyl halides is 8. The highest BCUT2D eigenvalue weighted by Gasteiger charge is 2.62. The SMILES string of the molecule is CC=[C]C(=C(F)C(F)(F)F)C(F)(F)C(F)(F)F. The van der Waals surface area contributed by atoms with Crippen LogP contribution in [0.2, 0.25) is 0 Å². The van der Waals surface area contributed by atoms with Crippen LogP contribution in [0, 0.1) is 6.08 Å². The summed E-state index contributed by atoms with van der Waals surface area (Å²) in [5.41, 5.74) is -2.89. The maximum atomic E-state index is 12.6. The molecule has 1 radical (unpaired) electrons. The summed E-state index contributed by atoms with van der Waals surface area (Å²) in [6.45, 7) is 0.816. The molecule has 0 rings (SSSR count). The fourth-order valence-electron chi connectivity index (χ4n) is 0.720. The molecule has 0 bridgehead atoms. The van der Waals surface area contributed by atoms with E-state index in [0.717, 1.165) is 13.0 Å². The Labute approximate surface area is 89.4 Å². The van der Waals surface area contributed by atoms with Crippen molar-refractivity contribution < 1.29 is 39.5 Å². The summed E-state index contributed by atoms with van der Waals surface area (Å²) in [4.78, 5) is 0. The van der Waals surface area contributed by atoms with Crippen LogP contribution in [-0.2, 0) is 0 Å². The van der Waals surface area contributed by atoms with Crippen LogP contribution in [0.3, 0.4) is 0 Å². The zero-order valence-corrected chi connectivity index (χ0v) is 7.98. The molecule has 0 unspecified atom stereocenters. The Morgan fingerprint density at radius 2 is 1.35 bits per heavy atom. The normalized spacial score (nSPS) is 16.4. The Bertz CT molecular complexity index is 328. The number of allylic oxidation sites excluding steroid dienone is 4. The molecule has 0 saturated carbocycles. The molecule has 0 aliphatic rings. The fourth-order valence-corrected chi connectivity index (χ4v) is 0.720. The van der Waals surface area contributed by atoms with Gasteiger partial charge in [-0.05, 0) is 13.0 Å². The zero-order valence-electron chi connectivity index (χ0n) is 7.98. The first kappa shape index (κ1) is 15.9. The molecular weight excluding hydrogens is 267 g/mol. The molecule has 0 amide bonds. The van der Waals surface area contributed by atoms with Gasteiger partial charge in [0.2, 0.25) is 5.83 Å². The van der Waals surface area contributed by atoms with Gasteiger partial charge in [0.1, 0.15) is 0 Å². The minimum atomic E-state index is -6.35. The van der Waals surface area contributed by atoms with E-state index in [9.17, 15) is 39.5 Å². The quantitative estimate of drug-likeness (QED) is 0.517. The molecule has 0 aliphatic carbocycles. The highest BCUT2D eigenvalue weighted by atomic mass is 19.4. The van der Waals surface area contributed by atoms with Crippen molar-refractivity contribution in [3.05, 3.63) is 23.6 Å². The van der Waals surface area contributed by atoms with Crippen molar-refractivity contribution in [1.29, 1.82) is 0 Å². The van der Waals surface area contributed by atoms with Gasteiger partial charge < -0.3 is 0 Å². The van der Waals surface area contributed by atoms with E-state index in [1.54, 1.807) is 0 Å². The molecular formula is C8H4F9. The number of rotatable bonds is 2. The lowest BCUT2D eigenvalue weighted by molar-refractivity contribution is -0.265. The average molecular weight is 271 g/mol. The summed E-state index contributed by atoms with van der Waals surface area (Å²) in [6, 6.07) is 0. The van der Waals surface area contributed by atoms with Gasteiger partial charge in [0.05, 0.1) is 5.57 Å². The van der Waals surface area contributed by atoms with E-state index in [4.69, 9.17) is 0 Å². The van der Waals surface area contributed by atoms with Gasteiger partial charge in [-0.15, -0.1) is 0 Å². The molecule has 0 nitrogen and oxygen atoms in total. The smallest absolute Gasteiger partial charge is 0.201 e.